The standard InChI is InChI=1S/C39H54O4/c1-10-23-41-35-21-15-32(16-22-35)36(40)37(42-26-28(2)24-30-11-17-33(18-12-30)38(4,5)6)43-27-29(3)25-31-13-19-34(20-14-31)39(7,8)9/h11-22,28-29,37H,10,23-27H2,1-9H3. The highest BCUT2D eigenvalue weighted by molar-refractivity contribution is 5.98. The minimum Gasteiger partial charge on any atom is -0.494 e. The van der Waals surface area contributed by atoms with E-state index in [0.29, 0.717) is 25.4 Å². The van der Waals surface area contributed by atoms with Crippen LogP contribution in [-0.4, -0.2) is 31.9 Å². The van der Waals surface area contributed by atoms with Gasteiger partial charge in [0.25, 0.3) is 0 Å². The van der Waals surface area contributed by atoms with Crippen molar-refractivity contribution in [2.75, 3.05) is 19.8 Å². The number of Topliss-reactive ketones (excluding diaryl/α,β-unsaturated/α-hetero) is 1. The maximum absolute atomic E-state index is 13.6. The smallest absolute Gasteiger partial charge is 0.222 e. The Kier molecular flexibility index (Phi) is 12.6. The second-order valence-corrected chi connectivity index (χ2v) is 14.2. The average molecular weight is 587 g/mol. The van der Waals surface area contributed by atoms with Crippen LogP contribution in [0.1, 0.15) is 101 Å². The van der Waals surface area contributed by atoms with Crippen molar-refractivity contribution in [2.45, 2.75) is 98.7 Å². The van der Waals surface area contributed by atoms with E-state index in [0.717, 1.165) is 25.0 Å². The molecular weight excluding hydrogens is 532 g/mol. The van der Waals surface area contributed by atoms with Crippen LogP contribution in [0.25, 0.3) is 0 Å². The molecule has 0 amide bonds. The van der Waals surface area contributed by atoms with Crippen LogP contribution in [0.15, 0.2) is 72.8 Å². The summed E-state index contributed by atoms with van der Waals surface area (Å²) in [5, 5.41) is 0. The third-order valence-electron chi connectivity index (χ3n) is 7.70. The molecule has 3 rings (SSSR count). The second-order valence-electron chi connectivity index (χ2n) is 14.2. The van der Waals surface area contributed by atoms with Crippen molar-refractivity contribution in [3.05, 3.63) is 101 Å². The van der Waals surface area contributed by atoms with Gasteiger partial charge in [-0.1, -0.05) is 111 Å². The maximum Gasteiger partial charge on any atom is 0.222 e. The third-order valence-corrected chi connectivity index (χ3v) is 7.70. The van der Waals surface area contributed by atoms with Crippen LogP contribution in [0.3, 0.4) is 0 Å². The topological polar surface area (TPSA) is 44.8 Å². The molecular formula is C39H54O4. The molecule has 4 heteroatoms. The summed E-state index contributed by atoms with van der Waals surface area (Å²) in [7, 11) is 0. The number of hydrogen-bond donors (Lipinski definition) is 0. The van der Waals surface area contributed by atoms with E-state index in [2.05, 4.69) is 111 Å². The van der Waals surface area contributed by atoms with Crippen molar-refractivity contribution in [1.82, 2.24) is 0 Å². The minimum atomic E-state index is -0.959. The SMILES string of the molecule is CCCOc1ccc(C(=O)C(OCC(C)Cc2ccc(C(C)(C)C)cc2)OCC(C)Cc2ccc(C(C)(C)C)cc2)cc1. The quantitative estimate of drug-likeness (QED) is 0.131. The predicted octanol–water partition coefficient (Wildman–Crippen LogP) is 9.37. The zero-order chi connectivity index (χ0) is 31.6. The monoisotopic (exact) mass is 586 g/mol. The van der Waals surface area contributed by atoms with Gasteiger partial charge in [0, 0.05) is 5.56 Å². The Hall–Kier alpha value is -2.95. The molecule has 0 heterocycles. The van der Waals surface area contributed by atoms with E-state index in [4.69, 9.17) is 14.2 Å². The van der Waals surface area contributed by atoms with Gasteiger partial charge in [0.1, 0.15) is 5.75 Å². The van der Waals surface area contributed by atoms with Crippen molar-refractivity contribution >= 4 is 5.78 Å². The minimum absolute atomic E-state index is 0.130. The van der Waals surface area contributed by atoms with Crippen LogP contribution in [0.4, 0.5) is 0 Å². The summed E-state index contributed by atoms with van der Waals surface area (Å²) < 4.78 is 18.1. The molecule has 0 aliphatic rings. The fraction of sp³-hybridized carbons (Fsp3) is 0.513. The van der Waals surface area contributed by atoms with Gasteiger partial charge in [-0.05, 0) is 88.4 Å². The van der Waals surface area contributed by atoms with Crippen LogP contribution >= 0.6 is 0 Å². The fourth-order valence-corrected chi connectivity index (χ4v) is 4.98. The third kappa shape index (κ3) is 11.2. The Labute approximate surface area is 261 Å². The van der Waals surface area contributed by atoms with Crippen molar-refractivity contribution < 1.29 is 19.0 Å². The van der Waals surface area contributed by atoms with E-state index >= 15 is 0 Å². The Bertz CT molecular complexity index is 1180. The van der Waals surface area contributed by atoms with E-state index in [1.807, 2.05) is 12.1 Å². The van der Waals surface area contributed by atoms with Crippen LogP contribution in [0, 0.1) is 11.8 Å². The van der Waals surface area contributed by atoms with Crippen molar-refractivity contribution in [1.29, 1.82) is 0 Å². The number of benzene rings is 3. The summed E-state index contributed by atoms with van der Waals surface area (Å²) in [5.41, 5.74) is 6.00. The molecule has 0 radical (unpaired) electrons. The molecule has 0 saturated heterocycles. The van der Waals surface area contributed by atoms with Gasteiger partial charge in [-0.25, -0.2) is 0 Å². The maximum atomic E-state index is 13.6. The molecule has 0 aromatic heterocycles. The van der Waals surface area contributed by atoms with Crippen LogP contribution in [-0.2, 0) is 33.1 Å². The molecule has 0 aliphatic heterocycles. The van der Waals surface area contributed by atoms with Crippen LogP contribution < -0.4 is 4.74 Å². The van der Waals surface area contributed by atoms with E-state index < -0.39 is 6.29 Å². The summed E-state index contributed by atoms with van der Waals surface area (Å²) in [4.78, 5) is 13.6. The normalized spacial score (nSPS) is 14.3. The van der Waals surface area contributed by atoms with Gasteiger partial charge in [-0.3, -0.25) is 4.79 Å². The second kappa shape index (κ2) is 15.7. The summed E-state index contributed by atoms with van der Waals surface area (Å²) in [5.74, 6) is 1.05. The molecule has 3 aromatic carbocycles. The first kappa shape index (κ1) is 34.5. The Morgan fingerprint density at radius 3 is 1.44 bits per heavy atom. The lowest BCUT2D eigenvalue weighted by Gasteiger charge is -2.23. The van der Waals surface area contributed by atoms with Gasteiger partial charge in [0.15, 0.2) is 0 Å². The number of ketones is 1. The van der Waals surface area contributed by atoms with Gasteiger partial charge < -0.3 is 14.2 Å². The van der Waals surface area contributed by atoms with Gasteiger partial charge in [-0.2, -0.15) is 0 Å². The highest BCUT2D eigenvalue weighted by Crippen LogP contribution is 2.25. The molecule has 0 spiro atoms. The van der Waals surface area contributed by atoms with Gasteiger partial charge in [0.2, 0.25) is 12.1 Å². The van der Waals surface area contributed by atoms with E-state index in [-0.39, 0.29) is 28.4 Å². The van der Waals surface area contributed by atoms with Gasteiger partial charge in [-0.15, -0.1) is 0 Å². The van der Waals surface area contributed by atoms with Crippen molar-refractivity contribution in [2.24, 2.45) is 11.8 Å². The zero-order valence-electron chi connectivity index (χ0n) is 28.0. The summed E-state index contributed by atoms with van der Waals surface area (Å²) >= 11 is 0. The lowest BCUT2D eigenvalue weighted by molar-refractivity contribution is -0.127. The molecule has 43 heavy (non-hydrogen) atoms. The Balaban J connectivity index is 1.64. The molecule has 3 aromatic rings. The number of rotatable bonds is 15. The molecule has 2 atom stereocenters. The first-order chi connectivity index (χ1) is 20.3. The fourth-order valence-electron chi connectivity index (χ4n) is 4.98. The molecule has 0 saturated carbocycles. The van der Waals surface area contributed by atoms with Gasteiger partial charge in [0.05, 0.1) is 19.8 Å². The number of hydrogen-bond acceptors (Lipinski definition) is 4. The molecule has 2 unspecified atom stereocenters. The predicted molar refractivity (Wildman–Crippen MR) is 178 cm³/mol. The molecule has 0 bridgehead atoms. The number of ether oxygens (including phenoxy) is 3. The van der Waals surface area contributed by atoms with Crippen LogP contribution in [0.5, 0.6) is 5.75 Å². The highest BCUT2D eigenvalue weighted by atomic mass is 16.7. The van der Waals surface area contributed by atoms with E-state index in [9.17, 15) is 4.79 Å². The molecule has 0 aliphatic carbocycles. The van der Waals surface area contributed by atoms with Gasteiger partial charge >= 0.3 is 0 Å². The van der Waals surface area contributed by atoms with E-state index in [1.54, 1.807) is 12.1 Å². The number of carbonyl (C=O) groups excluding carboxylic acids is 1. The number of carbonyl (C=O) groups is 1. The molecule has 234 valence electrons. The summed E-state index contributed by atoms with van der Waals surface area (Å²) in [6.45, 7) is 21.2. The summed E-state index contributed by atoms with van der Waals surface area (Å²) in [6, 6.07) is 24.9. The Morgan fingerprint density at radius 2 is 1.07 bits per heavy atom. The molecule has 0 N–H and O–H groups in total. The lowest BCUT2D eigenvalue weighted by Crippen LogP contribution is -2.31. The molecule has 0 fully saturated rings. The highest BCUT2D eigenvalue weighted by Gasteiger charge is 2.24. The lowest BCUT2D eigenvalue weighted by atomic mass is 9.86. The summed E-state index contributed by atoms with van der Waals surface area (Å²) in [6.07, 6.45) is 1.71. The average Bonchev–Trinajstić information content (AvgIpc) is 2.95. The van der Waals surface area contributed by atoms with Crippen LogP contribution in [0.2, 0.25) is 0 Å². The molecule has 4 nitrogen and oxygen atoms in total. The Morgan fingerprint density at radius 1 is 0.651 bits per heavy atom. The largest absolute Gasteiger partial charge is 0.494 e. The van der Waals surface area contributed by atoms with E-state index in [1.165, 1.54) is 22.3 Å². The first-order valence-electron chi connectivity index (χ1n) is 16.0. The first-order valence-corrected chi connectivity index (χ1v) is 16.0. The van der Waals surface area contributed by atoms with Crippen molar-refractivity contribution in [3.8, 4) is 5.75 Å². The van der Waals surface area contributed by atoms with Crippen molar-refractivity contribution in [3.63, 3.8) is 0 Å². The zero-order valence-corrected chi connectivity index (χ0v) is 28.0.